The number of anilines is 1. The number of hydrogen-bond donors (Lipinski definition) is 0. The molecule has 0 N–H and O–H groups in total. The highest BCUT2D eigenvalue weighted by atomic mass is 16.2. The fraction of sp³-hybridized carbons (Fsp3) is 0.652. The second kappa shape index (κ2) is 8.97. The van der Waals surface area contributed by atoms with Gasteiger partial charge in [-0.15, -0.1) is 0 Å². The summed E-state index contributed by atoms with van der Waals surface area (Å²) in [5, 5.41) is 0. The summed E-state index contributed by atoms with van der Waals surface area (Å²) in [6, 6.07) is 8.79. The zero-order chi connectivity index (χ0) is 19.3. The summed E-state index contributed by atoms with van der Waals surface area (Å²) in [6.45, 7) is 5.81. The van der Waals surface area contributed by atoms with Crippen LogP contribution in [0.3, 0.4) is 0 Å². The summed E-state index contributed by atoms with van der Waals surface area (Å²) < 4.78 is 2.28. The Morgan fingerprint density at radius 2 is 1.79 bits per heavy atom. The van der Waals surface area contributed by atoms with Crippen LogP contribution in [0.2, 0.25) is 0 Å². The third-order valence-corrected chi connectivity index (χ3v) is 6.50. The molecule has 2 aliphatic rings. The fourth-order valence-corrected chi connectivity index (χ4v) is 5.00. The summed E-state index contributed by atoms with van der Waals surface area (Å²) in [7, 11) is 0. The average Bonchev–Trinajstić information content (AvgIpc) is 3.13. The quantitative estimate of drug-likeness (QED) is 0.733. The van der Waals surface area contributed by atoms with Crippen LogP contribution < -0.4 is 4.90 Å². The molecule has 0 atom stereocenters. The number of benzene rings is 1. The number of piperidine rings is 1. The van der Waals surface area contributed by atoms with Crippen molar-refractivity contribution in [1.82, 2.24) is 14.5 Å². The first-order valence-electron chi connectivity index (χ1n) is 11.3. The molecule has 28 heavy (non-hydrogen) atoms. The zero-order valence-electron chi connectivity index (χ0n) is 17.3. The largest absolute Gasteiger partial charge is 0.342 e. The van der Waals surface area contributed by atoms with Crippen molar-refractivity contribution in [2.75, 3.05) is 24.5 Å². The van der Waals surface area contributed by atoms with Gasteiger partial charge >= 0.3 is 0 Å². The van der Waals surface area contributed by atoms with Crippen molar-refractivity contribution in [3.8, 4) is 0 Å². The molecule has 1 saturated carbocycles. The van der Waals surface area contributed by atoms with E-state index in [2.05, 4.69) is 39.5 Å². The molecule has 1 saturated heterocycles. The number of amides is 1. The van der Waals surface area contributed by atoms with Gasteiger partial charge in [0.15, 0.2) is 0 Å². The van der Waals surface area contributed by atoms with E-state index in [0.717, 1.165) is 36.6 Å². The van der Waals surface area contributed by atoms with Crippen LogP contribution in [0.1, 0.15) is 64.7 Å². The maximum absolute atomic E-state index is 13.1. The Hall–Kier alpha value is -2.04. The van der Waals surface area contributed by atoms with Gasteiger partial charge in [0.05, 0.1) is 11.0 Å². The van der Waals surface area contributed by atoms with Gasteiger partial charge in [-0.2, -0.15) is 0 Å². The normalized spacial score (nSPS) is 18.5. The molecule has 0 spiro atoms. The lowest BCUT2D eigenvalue weighted by atomic mass is 9.94. The van der Waals surface area contributed by atoms with Gasteiger partial charge in [-0.3, -0.25) is 4.79 Å². The van der Waals surface area contributed by atoms with Crippen LogP contribution in [0.4, 0.5) is 5.95 Å². The second-order valence-electron chi connectivity index (χ2n) is 8.32. The van der Waals surface area contributed by atoms with E-state index in [1.165, 1.54) is 51.4 Å². The third kappa shape index (κ3) is 4.03. The van der Waals surface area contributed by atoms with Gasteiger partial charge in [0.1, 0.15) is 0 Å². The SMILES string of the molecule is CCN(C(=O)CCn1c(N2CCCCC2)nc2ccccc21)C1CCCCC1. The number of aromatic nitrogens is 2. The lowest BCUT2D eigenvalue weighted by Gasteiger charge is -2.34. The van der Waals surface area contributed by atoms with Crippen LogP contribution in [0.15, 0.2) is 24.3 Å². The van der Waals surface area contributed by atoms with Crippen LogP contribution in [-0.4, -0.2) is 46.0 Å². The van der Waals surface area contributed by atoms with Crippen molar-refractivity contribution in [2.45, 2.75) is 77.3 Å². The van der Waals surface area contributed by atoms with Crippen LogP contribution >= 0.6 is 0 Å². The van der Waals surface area contributed by atoms with Gasteiger partial charge in [-0.25, -0.2) is 4.98 Å². The Labute approximate surface area is 168 Å². The monoisotopic (exact) mass is 382 g/mol. The Balaban J connectivity index is 1.52. The van der Waals surface area contributed by atoms with E-state index in [0.29, 0.717) is 24.9 Å². The molecule has 152 valence electrons. The summed E-state index contributed by atoms with van der Waals surface area (Å²) >= 11 is 0. The number of aryl methyl sites for hydroxylation is 1. The van der Waals surface area contributed by atoms with Crippen LogP contribution in [0.5, 0.6) is 0 Å². The van der Waals surface area contributed by atoms with Crippen molar-refractivity contribution < 1.29 is 4.79 Å². The number of imidazole rings is 1. The lowest BCUT2D eigenvalue weighted by molar-refractivity contribution is -0.134. The maximum atomic E-state index is 13.1. The van der Waals surface area contributed by atoms with Gasteiger partial charge in [-0.05, 0) is 51.2 Å². The van der Waals surface area contributed by atoms with E-state index in [1.807, 2.05) is 6.07 Å². The highest BCUT2D eigenvalue weighted by molar-refractivity contribution is 5.80. The molecule has 1 aliphatic heterocycles. The molecule has 5 nitrogen and oxygen atoms in total. The predicted octanol–water partition coefficient (Wildman–Crippen LogP) is 4.60. The fourth-order valence-electron chi connectivity index (χ4n) is 5.00. The maximum Gasteiger partial charge on any atom is 0.224 e. The summed E-state index contributed by atoms with van der Waals surface area (Å²) in [5.74, 6) is 1.35. The molecule has 2 heterocycles. The van der Waals surface area contributed by atoms with Gasteiger partial charge in [0, 0.05) is 38.6 Å². The van der Waals surface area contributed by atoms with Crippen molar-refractivity contribution in [3.63, 3.8) is 0 Å². The van der Waals surface area contributed by atoms with E-state index < -0.39 is 0 Å². The molecule has 0 unspecified atom stereocenters. The van der Waals surface area contributed by atoms with E-state index in [-0.39, 0.29) is 0 Å². The highest BCUT2D eigenvalue weighted by Gasteiger charge is 2.25. The first-order valence-corrected chi connectivity index (χ1v) is 11.3. The standard InChI is InChI=1S/C23H34N4O/c1-2-26(19-11-5-3-6-12-19)22(28)15-18-27-21-14-8-7-13-20(21)24-23(27)25-16-9-4-10-17-25/h7-8,13-14,19H,2-6,9-12,15-18H2,1H3. The molecule has 4 rings (SSSR count). The number of nitrogens with zero attached hydrogens (tertiary/aromatic N) is 4. The summed E-state index contributed by atoms with van der Waals surface area (Å²) in [6.07, 6.45) is 10.5. The Bertz CT molecular complexity index is 787. The van der Waals surface area contributed by atoms with Gasteiger partial charge in [0.25, 0.3) is 0 Å². The molecule has 0 bridgehead atoms. The molecular weight excluding hydrogens is 348 g/mol. The van der Waals surface area contributed by atoms with E-state index in [4.69, 9.17) is 4.98 Å². The second-order valence-corrected chi connectivity index (χ2v) is 8.32. The number of rotatable bonds is 6. The average molecular weight is 383 g/mol. The number of fused-ring (bicyclic) bond motifs is 1. The number of hydrogen-bond acceptors (Lipinski definition) is 3. The highest BCUT2D eigenvalue weighted by Crippen LogP contribution is 2.27. The molecule has 1 aliphatic carbocycles. The topological polar surface area (TPSA) is 41.4 Å². The van der Waals surface area contributed by atoms with Crippen molar-refractivity contribution in [1.29, 1.82) is 0 Å². The summed E-state index contributed by atoms with van der Waals surface area (Å²) in [4.78, 5) is 22.6. The van der Waals surface area contributed by atoms with Gasteiger partial charge in [0.2, 0.25) is 11.9 Å². The number of carbonyl (C=O) groups is 1. The molecule has 2 fully saturated rings. The summed E-state index contributed by atoms with van der Waals surface area (Å²) in [5.41, 5.74) is 2.19. The van der Waals surface area contributed by atoms with Crippen LogP contribution in [0, 0.1) is 0 Å². The minimum atomic E-state index is 0.303. The molecule has 1 aromatic carbocycles. The van der Waals surface area contributed by atoms with Crippen molar-refractivity contribution >= 4 is 22.9 Å². The van der Waals surface area contributed by atoms with Crippen LogP contribution in [-0.2, 0) is 11.3 Å². The van der Waals surface area contributed by atoms with E-state index in [9.17, 15) is 4.79 Å². The van der Waals surface area contributed by atoms with Crippen LogP contribution in [0.25, 0.3) is 11.0 Å². The smallest absolute Gasteiger partial charge is 0.224 e. The molecule has 5 heteroatoms. The van der Waals surface area contributed by atoms with E-state index >= 15 is 0 Å². The van der Waals surface area contributed by atoms with Crippen molar-refractivity contribution in [3.05, 3.63) is 24.3 Å². The lowest BCUT2D eigenvalue weighted by Crippen LogP contribution is -2.41. The minimum absolute atomic E-state index is 0.303. The Morgan fingerprint density at radius 3 is 2.54 bits per heavy atom. The zero-order valence-corrected chi connectivity index (χ0v) is 17.3. The molecule has 1 amide bonds. The van der Waals surface area contributed by atoms with Crippen molar-refractivity contribution in [2.24, 2.45) is 0 Å². The first kappa shape index (κ1) is 19.3. The first-order chi connectivity index (χ1) is 13.8. The van der Waals surface area contributed by atoms with Gasteiger partial charge in [-0.1, -0.05) is 31.4 Å². The van der Waals surface area contributed by atoms with E-state index in [1.54, 1.807) is 0 Å². The molecular formula is C23H34N4O. The molecule has 1 aromatic heterocycles. The Morgan fingerprint density at radius 1 is 1.07 bits per heavy atom. The van der Waals surface area contributed by atoms with Gasteiger partial charge < -0.3 is 14.4 Å². The Kier molecular flexibility index (Phi) is 6.18. The molecule has 0 radical (unpaired) electrons. The molecule has 2 aromatic rings. The third-order valence-electron chi connectivity index (χ3n) is 6.50. The number of carbonyl (C=O) groups excluding carboxylic acids is 1. The predicted molar refractivity (Wildman–Crippen MR) is 115 cm³/mol. The number of para-hydroxylation sites is 2. The minimum Gasteiger partial charge on any atom is -0.342 e.